The second-order valence-corrected chi connectivity index (χ2v) is 6.55. The lowest BCUT2D eigenvalue weighted by Crippen LogP contribution is -1.89. The van der Waals surface area contributed by atoms with Crippen LogP contribution in [0.25, 0.3) is 0 Å². The lowest BCUT2D eigenvalue weighted by atomic mass is 10.3. The standard InChI is InChI=1S/C13H9Cl2NO2S2/c1-19-9-2-4-10(5-3-9)20-13-11(14)6-8(16(17)18)7-12(13)15/h2-7H,1H3. The van der Waals surface area contributed by atoms with Gasteiger partial charge >= 0.3 is 0 Å². The van der Waals surface area contributed by atoms with E-state index >= 15 is 0 Å². The van der Waals surface area contributed by atoms with Gasteiger partial charge < -0.3 is 0 Å². The minimum Gasteiger partial charge on any atom is -0.258 e. The van der Waals surface area contributed by atoms with Crippen molar-refractivity contribution in [2.45, 2.75) is 14.7 Å². The highest BCUT2D eigenvalue weighted by atomic mass is 35.5. The predicted octanol–water partition coefficient (Wildman–Crippen LogP) is 5.77. The predicted molar refractivity (Wildman–Crippen MR) is 85.5 cm³/mol. The summed E-state index contributed by atoms with van der Waals surface area (Å²) in [5.74, 6) is 0. The molecule has 0 radical (unpaired) electrons. The maximum absolute atomic E-state index is 10.7. The summed E-state index contributed by atoms with van der Waals surface area (Å²) in [6, 6.07) is 10.5. The highest BCUT2D eigenvalue weighted by molar-refractivity contribution is 7.99. The van der Waals surface area contributed by atoms with Crippen LogP contribution in [0.4, 0.5) is 5.69 Å². The Bertz CT molecular complexity index is 624. The van der Waals surface area contributed by atoms with Crippen LogP contribution in [0.3, 0.4) is 0 Å². The molecule has 0 aliphatic rings. The summed E-state index contributed by atoms with van der Waals surface area (Å²) in [5.41, 5.74) is -0.109. The Morgan fingerprint density at radius 1 is 1.05 bits per heavy atom. The number of nitrogens with zero attached hydrogens (tertiary/aromatic N) is 1. The number of hydrogen-bond acceptors (Lipinski definition) is 4. The number of nitro groups is 1. The van der Waals surface area contributed by atoms with Crippen molar-refractivity contribution in [3.63, 3.8) is 0 Å². The highest BCUT2D eigenvalue weighted by Crippen LogP contribution is 2.41. The van der Waals surface area contributed by atoms with Gasteiger partial charge in [-0.2, -0.15) is 0 Å². The summed E-state index contributed by atoms with van der Waals surface area (Å²) < 4.78 is 0. The van der Waals surface area contributed by atoms with E-state index in [1.54, 1.807) is 11.8 Å². The third-order valence-electron chi connectivity index (χ3n) is 2.47. The lowest BCUT2D eigenvalue weighted by Gasteiger charge is -2.07. The molecule has 0 saturated heterocycles. The first-order valence-corrected chi connectivity index (χ1v) is 8.26. The molecule has 0 atom stereocenters. The molecule has 0 amide bonds. The molecule has 0 saturated carbocycles. The van der Waals surface area contributed by atoms with Crippen LogP contribution in [0.1, 0.15) is 0 Å². The quantitative estimate of drug-likeness (QED) is 0.400. The Balaban J connectivity index is 2.30. The zero-order chi connectivity index (χ0) is 14.7. The Morgan fingerprint density at radius 2 is 1.55 bits per heavy atom. The summed E-state index contributed by atoms with van der Waals surface area (Å²) in [5, 5.41) is 11.3. The molecule has 0 heterocycles. The van der Waals surface area contributed by atoms with Crippen molar-refractivity contribution in [2.24, 2.45) is 0 Å². The van der Waals surface area contributed by atoms with Crippen LogP contribution >= 0.6 is 46.7 Å². The van der Waals surface area contributed by atoms with Gasteiger partial charge in [-0.05, 0) is 30.5 Å². The molecule has 2 aromatic carbocycles. The fourth-order valence-electron chi connectivity index (χ4n) is 1.51. The van der Waals surface area contributed by atoms with Crippen molar-refractivity contribution in [1.29, 1.82) is 0 Å². The summed E-state index contributed by atoms with van der Waals surface area (Å²) in [7, 11) is 0. The van der Waals surface area contributed by atoms with Gasteiger partial charge in [-0.1, -0.05) is 35.0 Å². The molecule has 3 nitrogen and oxygen atoms in total. The number of thioether (sulfide) groups is 1. The average molecular weight is 346 g/mol. The molecular weight excluding hydrogens is 337 g/mol. The summed E-state index contributed by atoms with van der Waals surface area (Å²) in [6.07, 6.45) is 2.01. The van der Waals surface area contributed by atoms with Gasteiger partial charge in [-0.3, -0.25) is 10.1 Å². The van der Waals surface area contributed by atoms with Gasteiger partial charge in [0.25, 0.3) is 5.69 Å². The molecule has 0 aliphatic carbocycles. The topological polar surface area (TPSA) is 43.1 Å². The van der Waals surface area contributed by atoms with Crippen LogP contribution < -0.4 is 0 Å². The van der Waals surface area contributed by atoms with E-state index in [0.717, 1.165) is 9.79 Å². The van der Waals surface area contributed by atoms with Crippen LogP contribution in [0.2, 0.25) is 10.0 Å². The average Bonchev–Trinajstić information content (AvgIpc) is 2.43. The van der Waals surface area contributed by atoms with Crippen molar-refractivity contribution in [1.82, 2.24) is 0 Å². The fraction of sp³-hybridized carbons (Fsp3) is 0.0769. The van der Waals surface area contributed by atoms with Crippen molar-refractivity contribution < 1.29 is 4.92 Å². The zero-order valence-corrected chi connectivity index (χ0v) is 13.4. The number of halogens is 2. The maximum atomic E-state index is 10.7. The van der Waals surface area contributed by atoms with Gasteiger partial charge in [-0.25, -0.2) is 0 Å². The van der Waals surface area contributed by atoms with Crippen molar-refractivity contribution in [2.75, 3.05) is 6.26 Å². The van der Waals surface area contributed by atoms with E-state index in [-0.39, 0.29) is 15.7 Å². The van der Waals surface area contributed by atoms with Crippen LogP contribution in [-0.4, -0.2) is 11.2 Å². The van der Waals surface area contributed by atoms with E-state index < -0.39 is 4.92 Å². The number of hydrogen-bond donors (Lipinski definition) is 0. The fourth-order valence-corrected chi connectivity index (χ4v) is 3.45. The Labute approximate surface area is 134 Å². The zero-order valence-electron chi connectivity index (χ0n) is 10.3. The van der Waals surface area contributed by atoms with Gasteiger partial charge in [0.1, 0.15) is 0 Å². The molecule has 104 valence electrons. The molecule has 0 bridgehead atoms. The minimum atomic E-state index is -0.514. The summed E-state index contributed by atoms with van der Waals surface area (Å²) in [6.45, 7) is 0. The minimum absolute atomic E-state index is 0.109. The molecule has 7 heteroatoms. The second-order valence-electron chi connectivity index (χ2n) is 3.77. The van der Waals surface area contributed by atoms with E-state index in [9.17, 15) is 10.1 Å². The Morgan fingerprint density at radius 3 is 2.00 bits per heavy atom. The monoisotopic (exact) mass is 345 g/mol. The van der Waals surface area contributed by atoms with E-state index in [1.165, 1.54) is 23.9 Å². The van der Waals surface area contributed by atoms with Gasteiger partial charge in [0.2, 0.25) is 0 Å². The number of non-ortho nitro benzene ring substituents is 1. The normalized spacial score (nSPS) is 10.6. The highest BCUT2D eigenvalue weighted by Gasteiger charge is 2.15. The molecule has 2 aromatic rings. The van der Waals surface area contributed by atoms with Gasteiger partial charge in [0.05, 0.1) is 15.0 Å². The van der Waals surface area contributed by atoms with Crippen LogP contribution in [0.15, 0.2) is 51.1 Å². The first-order chi connectivity index (χ1) is 9.51. The van der Waals surface area contributed by atoms with Crippen LogP contribution in [0.5, 0.6) is 0 Å². The van der Waals surface area contributed by atoms with Gasteiger partial charge in [0, 0.05) is 26.8 Å². The number of nitro benzene ring substituents is 1. The van der Waals surface area contributed by atoms with E-state index in [0.29, 0.717) is 4.90 Å². The number of benzene rings is 2. The smallest absolute Gasteiger partial charge is 0.258 e. The SMILES string of the molecule is CSc1ccc(Sc2c(Cl)cc([N+](=O)[O-])cc2Cl)cc1. The molecule has 0 aromatic heterocycles. The van der Waals surface area contributed by atoms with Crippen molar-refractivity contribution >= 4 is 52.4 Å². The molecule has 20 heavy (non-hydrogen) atoms. The third-order valence-corrected chi connectivity index (χ3v) is 5.19. The Kier molecular flexibility index (Phi) is 5.21. The van der Waals surface area contributed by atoms with E-state index in [1.807, 2.05) is 30.5 Å². The molecular formula is C13H9Cl2NO2S2. The second kappa shape index (κ2) is 6.72. The third kappa shape index (κ3) is 3.61. The molecule has 0 N–H and O–H groups in total. The van der Waals surface area contributed by atoms with Crippen LogP contribution in [-0.2, 0) is 0 Å². The Hall–Kier alpha value is -0.880. The van der Waals surface area contributed by atoms with E-state index in [4.69, 9.17) is 23.2 Å². The lowest BCUT2D eigenvalue weighted by molar-refractivity contribution is -0.384. The molecule has 0 aliphatic heterocycles. The number of rotatable bonds is 4. The maximum Gasteiger partial charge on any atom is 0.272 e. The van der Waals surface area contributed by atoms with Crippen molar-refractivity contribution in [3.05, 3.63) is 56.6 Å². The summed E-state index contributed by atoms with van der Waals surface area (Å²) in [4.78, 5) is 13.0. The van der Waals surface area contributed by atoms with E-state index in [2.05, 4.69) is 0 Å². The molecule has 0 fully saturated rings. The van der Waals surface area contributed by atoms with Gasteiger partial charge in [-0.15, -0.1) is 11.8 Å². The van der Waals surface area contributed by atoms with Crippen molar-refractivity contribution in [3.8, 4) is 0 Å². The van der Waals surface area contributed by atoms with Crippen LogP contribution in [0, 0.1) is 10.1 Å². The van der Waals surface area contributed by atoms with Gasteiger partial charge in [0.15, 0.2) is 0 Å². The molecule has 0 unspecified atom stereocenters. The molecule has 0 spiro atoms. The summed E-state index contributed by atoms with van der Waals surface area (Å²) >= 11 is 15.2. The largest absolute Gasteiger partial charge is 0.272 e. The molecule has 2 rings (SSSR count). The first-order valence-electron chi connectivity index (χ1n) is 5.46. The first kappa shape index (κ1) is 15.5.